The molecule has 86 valence electrons. The smallest absolute Gasteiger partial charge is 0.0593 e. The summed E-state index contributed by atoms with van der Waals surface area (Å²) in [5.41, 5.74) is 1.08. The van der Waals surface area contributed by atoms with Gasteiger partial charge in [-0.15, -0.1) is 11.3 Å². The molecule has 2 heterocycles. The lowest BCUT2D eigenvalue weighted by Crippen LogP contribution is -2.19. The Labute approximate surface area is 100 Å². The molecule has 0 aliphatic rings. The fourth-order valence-electron chi connectivity index (χ4n) is 1.57. The lowest BCUT2D eigenvalue weighted by molar-refractivity contribution is 0.554. The highest BCUT2D eigenvalue weighted by molar-refractivity contribution is 7.11. The van der Waals surface area contributed by atoms with Gasteiger partial charge in [0.15, 0.2) is 0 Å². The highest BCUT2D eigenvalue weighted by Gasteiger charge is 1.97. The van der Waals surface area contributed by atoms with Gasteiger partial charge in [-0.1, -0.05) is 0 Å². The number of nitrogens with zero attached hydrogens (tertiary/aromatic N) is 2. The molecule has 2 rings (SSSR count). The third-order valence-corrected chi connectivity index (χ3v) is 3.39. The molecule has 0 aliphatic heterocycles. The predicted molar refractivity (Wildman–Crippen MR) is 67.7 cm³/mol. The predicted octanol–water partition coefficient (Wildman–Crippen LogP) is 2.35. The molecular weight excluding hydrogens is 218 g/mol. The minimum atomic E-state index is 0.929. The van der Waals surface area contributed by atoms with Gasteiger partial charge in [0.1, 0.15) is 0 Å². The van der Waals surface area contributed by atoms with Crippen LogP contribution in [0.2, 0.25) is 0 Å². The first-order valence-corrected chi connectivity index (χ1v) is 6.32. The molecule has 0 saturated heterocycles. The van der Waals surface area contributed by atoms with E-state index in [0.29, 0.717) is 0 Å². The van der Waals surface area contributed by atoms with E-state index in [1.165, 1.54) is 9.75 Å². The van der Waals surface area contributed by atoms with E-state index in [0.717, 1.165) is 25.3 Å². The fraction of sp³-hybridized carbons (Fsp3) is 0.417. The van der Waals surface area contributed by atoms with Crippen LogP contribution in [0.1, 0.15) is 15.4 Å². The Morgan fingerprint density at radius 2 is 2.19 bits per heavy atom. The Balaban J connectivity index is 1.69. The molecule has 16 heavy (non-hydrogen) atoms. The summed E-state index contributed by atoms with van der Waals surface area (Å²) in [6, 6.07) is 6.38. The first kappa shape index (κ1) is 11.4. The second kappa shape index (κ2) is 5.27. The summed E-state index contributed by atoms with van der Waals surface area (Å²) in [5, 5.41) is 7.76. The van der Waals surface area contributed by atoms with E-state index in [1.54, 1.807) is 0 Å². The molecule has 3 nitrogen and oxygen atoms in total. The Bertz CT molecular complexity index is 402. The summed E-state index contributed by atoms with van der Waals surface area (Å²) in [6.45, 7) is 6.99. The van der Waals surface area contributed by atoms with E-state index >= 15 is 0 Å². The summed E-state index contributed by atoms with van der Waals surface area (Å²) >= 11 is 1.85. The zero-order chi connectivity index (χ0) is 11.4. The van der Waals surface area contributed by atoms with Crippen molar-refractivity contribution in [2.24, 2.45) is 0 Å². The molecule has 4 heteroatoms. The minimum absolute atomic E-state index is 0.929. The zero-order valence-corrected chi connectivity index (χ0v) is 10.5. The van der Waals surface area contributed by atoms with Crippen molar-refractivity contribution in [2.75, 3.05) is 6.54 Å². The summed E-state index contributed by atoms with van der Waals surface area (Å²) in [4.78, 5) is 2.77. The molecule has 1 N–H and O–H groups in total. The van der Waals surface area contributed by atoms with Gasteiger partial charge < -0.3 is 5.32 Å². The topological polar surface area (TPSA) is 29.9 Å². The van der Waals surface area contributed by atoms with E-state index in [4.69, 9.17) is 0 Å². The molecule has 0 fully saturated rings. The van der Waals surface area contributed by atoms with Gasteiger partial charge in [0.05, 0.1) is 12.2 Å². The van der Waals surface area contributed by atoms with Crippen LogP contribution in [0.5, 0.6) is 0 Å². The standard InChI is InChI=1S/C12H17N3S/c1-10-5-7-15(14-10)8-6-13-9-12-4-3-11(2)16-12/h3-5,7,13H,6,8-9H2,1-2H3. The maximum absolute atomic E-state index is 4.34. The number of hydrogen-bond acceptors (Lipinski definition) is 3. The molecule has 0 saturated carbocycles. The lowest BCUT2D eigenvalue weighted by Gasteiger charge is -2.03. The number of aryl methyl sites for hydroxylation is 2. The second-order valence-corrected chi connectivity index (χ2v) is 5.28. The quantitative estimate of drug-likeness (QED) is 0.806. The summed E-state index contributed by atoms with van der Waals surface area (Å²) in [7, 11) is 0. The molecule has 0 aromatic carbocycles. The maximum atomic E-state index is 4.34. The first-order valence-electron chi connectivity index (χ1n) is 5.50. The minimum Gasteiger partial charge on any atom is -0.310 e. The monoisotopic (exact) mass is 235 g/mol. The van der Waals surface area contributed by atoms with Crippen LogP contribution in [0.15, 0.2) is 24.4 Å². The van der Waals surface area contributed by atoms with Crippen LogP contribution < -0.4 is 5.32 Å². The van der Waals surface area contributed by atoms with Crippen LogP contribution in [0, 0.1) is 13.8 Å². The largest absolute Gasteiger partial charge is 0.310 e. The van der Waals surface area contributed by atoms with E-state index in [2.05, 4.69) is 29.5 Å². The van der Waals surface area contributed by atoms with E-state index < -0.39 is 0 Å². The molecular formula is C12H17N3S. The van der Waals surface area contributed by atoms with Gasteiger partial charge in [-0.2, -0.15) is 5.10 Å². The van der Waals surface area contributed by atoms with Crippen molar-refractivity contribution in [1.82, 2.24) is 15.1 Å². The SMILES string of the molecule is Cc1ccn(CCNCc2ccc(C)s2)n1. The fourth-order valence-corrected chi connectivity index (χ4v) is 2.43. The van der Waals surface area contributed by atoms with Crippen molar-refractivity contribution in [1.29, 1.82) is 0 Å². The van der Waals surface area contributed by atoms with Crippen molar-refractivity contribution in [3.63, 3.8) is 0 Å². The van der Waals surface area contributed by atoms with Gasteiger partial charge in [0, 0.05) is 29.0 Å². The van der Waals surface area contributed by atoms with E-state index in [-0.39, 0.29) is 0 Å². The molecule has 0 spiro atoms. The van der Waals surface area contributed by atoms with Crippen LogP contribution in [-0.4, -0.2) is 16.3 Å². The van der Waals surface area contributed by atoms with Gasteiger partial charge in [-0.25, -0.2) is 0 Å². The Hall–Kier alpha value is -1.13. The Kier molecular flexibility index (Phi) is 3.74. The number of rotatable bonds is 5. The van der Waals surface area contributed by atoms with Crippen LogP contribution in [0.4, 0.5) is 0 Å². The zero-order valence-electron chi connectivity index (χ0n) is 9.73. The molecule has 0 atom stereocenters. The maximum Gasteiger partial charge on any atom is 0.0593 e. The Morgan fingerprint density at radius 1 is 1.31 bits per heavy atom. The third kappa shape index (κ3) is 3.18. The van der Waals surface area contributed by atoms with E-state index in [1.807, 2.05) is 35.2 Å². The van der Waals surface area contributed by atoms with Crippen molar-refractivity contribution < 1.29 is 0 Å². The Morgan fingerprint density at radius 3 is 2.81 bits per heavy atom. The van der Waals surface area contributed by atoms with Gasteiger partial charge >= 0.3 is 0 Å². The molecule has 0 bridgehead atoms. The average Bonchev–Trinajstić information content (AvgIpc) is 2.83. The molecule has 0 unspecified atom stereocenters. The molecule has 0 radical (unpaired) electrons. The summed E-state index contributed by atoms with van der Waals surface area (Å²) in [6.07, 6.45) is 2.02. The summed E-state index contributed by atoms with van der Waals surface area (Å²) < 4.78 is 1.97. The molecule has 2 aromatic rings. The van der Waals surface area contributed by atoms with E-state index in [9.17, 15) is 0 Å². The number of aromatic nitrogens is 2. The van der Waals surface area contributed by atoms with Crippen molar-refractivity contribution >= 4 is 11.3 Å². The van der Waals surface area contributed by atoms with Crippen molar-refractivity contribution in [3.8, 4) is 0 Å². The first-order chi connectivity index (χ1) is 7.74. The van der Waals surface area contributed by atoms with Gasteiger partial charge in [0.25, 0.3) is 0 Å². The van der Waals surface area contributed by atoms with Gasteiger partial charge in [-0.05, 0) is 32.0 Å². The molecule has 0 aliphatic carbocycles. The molecule has 2 aromatic heterocycles. The summed E-state index contributed by atoms with van der Waals surface area (Å²) in [5.74, 6) is 0. The van der Waals surface area contributed by atoms with Gasteiger partial charge in [-0.3, -0.25) is 4.68 Å². The van der Waals surface area contributed by atoms with Crippen LogP contribution in [0.25, 0.3) is 0 Å². The highest BCUT2D eigenvalue weighted by atomic mass is 32.1. The average molecular weight is 235 g/mol. The molecule has 0 amide bonds. The third-order valence-electron chi connectivity index (χ3n) is 2.39. The van der Waals surface area contributed by atoms with Crippen LogP contribution in [-0.2, 0) is 13.1 Å². The second-order valence-electron chi connectivity index (χ2n) is 3.91. The van der Waals surface area contributed by atoms with Crippen molar-refractivity contribution in [3.05, 3.63) is 39.8 Å². The van der Waals surface area contributed by atoms with Crippen LogP contribution >= 0.6 is 11.3 Å². The lowest BCUT2D eigenvalue weighted by atomic mass is 10.4. The number of thiophene rings is 1. The number of hydrogen-bond donors (Lipinski definition) is 1. The number of nitrogens with one attached hydrogen (secondary N) is 1. The van der Waals surface area contributed by atoms with Gasteiger partial charge in [0.2, 0.25) is 0 Å². The van der Waals surface area contributed by atoms with Crippen LogP contribution in [0.3, 0.4) is 0 Å². The highest BCUT2D eigenvalue weighted by Crippen LogP contribution is 2.14. The normalized spacial score (nSPS) is 10.9. The van der Waals surface area contributed by atoms with Crippen molar-refractivity contribution in [2.45, 2.75) is 26.9 Å².